The maximum Gasteiger partial charge on any atom is 0.282 e. The largest absolute Gasteiger partial charge is 0.303 e. The summed E-state index contributed by atoms with van der Waals surface area (Å²) in [6, 6.07) is 8.19. The van der Waals surface area contributed by atoms with Crippen molar-refractivity contribution >= 4 is 10.2 Å². The lowest BCUT2D eigenvalue weighted by Gasteiger charge is -2.29. The molecule has 0 unspecified atom stereocenters. The highest BCUT2D eigenvalue weighted by atomic mass is 32.2. The summed E-state index contributed by atoms with van der Waals surface area (Å²) < 4.78 is 29.7. The Morgan fingerprint density at radius 3 is 2.71 bits per heavy atom. The first-order valence-corrected chi connectivity index (χ1v) is 9.10. The van der Waals surface area contributed by atoms with Crippen molar-refractivity contribution < 1.29 is 8.42 Å². The molecule has 0 amide bonds. The monoisotopic (exact) mass is 344 g/mol. The Morgan fingerprint density at radius 2 is 2.04 bits per heavy atom. The predicted molar refractivity (Wildman–Crippen MR) is 92.8 cm³/mol. The molecule has 1 aromatic heterocycles. The third-order valence-electron chi connectivity index (χ3n) is 4.22. The van der Waals surface area contributed by atoms with Gasteiger partial charge in [0.15, 0.2) is 0 Å². The topological polar surface area (TPSA) is 58.4 Å². The van der Waals surface area contributed by atoms with Crippen molar-refractivity contribution in [2.75, 3.05) is 20.1 Å². The number of hydrogen-bond donors (Lipinski definition) is 0. The first kappa shape index (κ1) is 16.7. The Balaban J connectivity index is 1.86. The van der Waals surface area contributed by atoms with Crippen LogP contribution in [0.5, 0.6) is 0 Å². The zero-order chi connectivity index (χ0) is 17.3. The molecule has 0 N–H and O–H groups in total. The van der Waals surface area contributed by atoms with Gasteiger partial charge in [-0.1, -0.05) is 23.6 Å². The molecule has 0 atom stereocenters. The second-order valence-electron chi connectivity index (χ2n) is 5.90. The van der Waals surface area contributed by atoms with E-state index >= 15 is 0 Å². The van der Waals surface area contributed by atoms with Crippen LogP contribution in [0.3, 0.4) is 0 Å². The first-order chi connectivity index (χ1) is 11.4. The van der Waals surface area contributed by atoms with Crippen molar-refractivity contribution in [1.29, 1.82) is 0 Å². The van der Waals surface area contributed by atoms with Gasteiger partial charge in [0.1, 0.15) is 0 Å². The summed E-state index contributed by atoms with van der Waals surface area (Å²) >= 11 is 0. The van der Waals surface area contributed by atoms with Gasteiger partial charge in [-0.15, -0.1) is 6.42 Å². The van der Waals surface area contributed by atoms with E-state index < -0.39 is 10.2 Å². The van der Waals surface area contributed by atoms with E-state index in [-0.39, 0.29) is 13.1 Å². The molecular weight excluding hydrogens is 324 g/mol. The Hall–Kier alpha value is -2.14. The summed E-state index contributed by atoms with van der Waals surface area (Å²) in [5.74, 6) is 2.36. The number of aryl methyl sites for hydroxylation is 1. The molecule has 0 radical (unpaired) electrons. The van der Waals surface area contributed by atoms with Crippen LogP contribution in [0.1, 0.15) is 17.0 Å². The summed E-state index contributed by atoms with van der Waals surface area (Å²) in [6.07, 6.45) is 7.60. The maximum absolute atomic E-state index is 12.5. The zero-order valence-electron chi connectivity index (χ0n) is 13.8. The Morgan fingerprint density at radius 1 is 1.33 bits per heavy atom. The molecule has 0 saturated heterocycles. The summed E-state index contributed by atoms with van der Waals surface area (Å²) in [6.45, 7) is 2.79. The van der Waals surface area contributed by atoms with Gasteiger partial charge in [-0.05, 0) is 19.1 Å². The number of fused-ring (bicyclic) bond motifs is 1. The van der Waals surface area contributed by atoms with Gasteiger partial charge in [-0.25, -0.2) is 4.98 Å². The van der Waals surface area contributed by atoms with E-state index in [0.29, 0.717) is 13.0 Å². The summed E-state index contributed by atoms with van der Waals surface area (Å²) in [4.78, 5) is 4.42. The normalized spacial score (nSPS) is 15.2. The number of nitrogens with zero attached hydrogens (tertiary/aromatic N) is 4. The predicted octanol–water partition coefficient (Wildman–Crippen LogP) is 1.35. The van der Waals surface area contributed by atoms with Crippen LogP contribution in [0, 0.1) is 19.3 Å². The van der Waals surface area contributed by atoms with E-state index in [4.69, 9.17) is 6.42 Å². The van der Waals surface area contributed by atoms with E-state index in [1.165, 1.54) is 21.2 Å². The highest BCUT2D eigenvalue weighted by Gasteiger charge is 2.32. The molecule has 3 rings (SSSR count). The van der Waals surface area contributed by atoms with E-state index in [0.717, 1.165) is 17.1 Å². The van der Waals surface area contributed by atoms with Gasteiger partial charge in [0.05, 0.1) is 25.1 Å². The SMILES string of the molecule is C#CCN(C)S(=O)(=O)N1CCc2c(ncn2-c2ccc(C)cc2)C1. The molecule has 0 aliphatic carbocycles. The molecule has 2 aromatic rings. The third-order valence-corrected chi connectivity index (χ3v) is 6.10. The minimum Gasteiger partial charge on any atom is -0.303 e. The van der Waals surface area contributed by atoms with Crippen LogP contribution >= 0.6 is 0 Å². The molecule has 6 nitrogen and oxygen atoms in total. The van der Waals surface area contributed by atoms with Gasteiger partial charge < -0.3 is 4.57 Å². The standard InChI is InChI=1S/C17H20N4O2S/c1-4-10-19(3)24(22,23)20-11-9-17-16(12-20)18-13-21(17)15-7-5-14(2)6-8-15/h1,5-8,13H,9-12H2,2-3H3. The van der Waals surface area contributed by atoms with Crippen molar-refractivity contribution in [3.05, 3.63) is 47.5 Å². The number of imidazole rings is 1. The molecule has 1 aliphatic rings. The minimum absolute atomic E-state index is 0.0590. The van der Waals surface area contributed by atoms with Crippen LogP contribution < -0.4 is 0 Å². The molecule has 0 spiro atoms. The number of hydrogen-bond acceptors (Lipinski definition) is 3. The average Bonchev–Trinajstić information content (AvgIpc) is 2.99. The van der Waals surface area contributed by atoms with E-state index in [2.05, 4.69) is 23.0 Å². The lowest BCUT2D eigenvalue weighted by Crippen LogP contribution is -2.44. The minimum atomic E-state index is -3.55. The van der Waals surface area contributed by atoms with Gasteiger partial charge >= 0.3 is 0 Å². The van der Waals surface area contributed by atoms with Gasteiger partial charge in [0, 0.05) is 31.4 Å². The summed E-state index contributed by atoms with van der Waals surface area (Å²) in [5, 5.41) is 0. The number of terminal acetylenes is 1. The number of rotatable bonds is 4. The fourth-order valence-electron chi connectivity index (χ4n) is 2.82. The molecule has 126 valence electrons. The van der Waals surface area contributed by atoms with E-state index in [1.807, 2.05) is 23.6 Å². The molecule has 0 fully saturated rings. The van der Waals surface area contributed by atoms with Crippen molar-refractivity contribution in [3.8, 4) is 18.0 Å². The van der Waals surface area contributed by atoms with Gasteiger partial charge in [0.2, 0.25) is 0 Å². The fourth-order valence-corrected chi connectivity index (χ4v) is 4.06. The van der Waals surface area contributed by atoms with Gasteiger partial charge in [-0.3, -0.25) is 0 Å². The molecule has 0 bridgehead atoms. The lowest BCUT2D eigenvalue weighted by atomic mass is 10.1. The first-order valence-electron chi connectivity index (χ1n) is 7.70. The Kier molecular flexibility index (Phi) is 4.45. The Bertz CT molecular complexity index is 878. The van der Waals surface area contributed by atoms with E-state index in [1.54, 1.807) is 6.33 Å². The van der Waals surface area contributed by atoms with Crippen LogP contribution in [-0.2, 0) is 23.2 Å². The Labute approximate surface area is 142 Å². The van der Waals surface area contributed by atoms with Crippen LogP contribution in [0.2, 0.25) is 0 Å². The van der Waals surface area contributed by atoms with Crippen molar-refractivity contribution in [3.63, 3.8) is 0 Å². The van der Waals surface area contributed by atoms with Crippen LogP contribution in [0.15, 0.2) is 30.6 Å². The third kappa shape index (κ3) is 2.96. The number of benzene rings is 1. The summed E-state index contributed by atoms with van der Waals surface area (Å²) in [5.41, 5.74) is 4.08. The van der Waals surface area contributed by atoms with Crippen LogP contribution in [-0.4, -0.2) is 46.7 Å². The zero-order valence-corrected chi connectivity index (χ0v) is 14.6. The lowest BCUT2D eigenvalue weighted by molar-refractivity contribution is 0.348. The molecule has 1 aliphatic heterocycles. The van der Waals surface area contributed by atoms with Crippen LogP contribution in [0.4, 0.5) is 0 Å². The molecule has 2 heterocycles. The smallest absolute Gasteiger partial charge is 0.282 e. The van der Waals surface area contributed by atoms with Gasteiger partial charge in [-0.2, -0.15) is 17.0 Å². The second kappa shape index (κ2) is 6.40. The maximum atomic E-state index is 12.5. The second-order valence-corrected chi connectivity index (χ2v) is 7.93. The average molecular weight is 344 g/mol. The highest BCUT2D eigenvalue weighted by molar-refractivity contribution is 7.86. The summed E-state index contributed by atoms with van der Waals surface area (Å²) in [7, 11) is -2.06. The molecule has 24 heavy (non-hydrogen) atoms. The van der Waals surface area contributed by atoms with Crippen molar-refractivity contribution in [2.24, 2.45) is 0 Å². The van der Waals surface area contributed by atoms with Crippen LogP contribution in [0.25, 0.3) is 5.69 Å². The van der Waals surface area contributed by atoms with Crippen molar-refractivity contribution in [2.45, 2.75) is 19.9 Å². The van der Waals surface area contributed by atoms with Gasteiger partial charge in [0.25, 0.3) is 10.2 Å². The molecule has 7 heteroatoms. The molecule has 1 aromatic carbocycles. The quantitative estimate of drug-likeness (QED) is 0.787. The highest BCUT2D eigenvalue weighted by Crippen LogP contribution is 2.24. The van der Waals surface area contributed by atoms with E-state index in [9.17, 15) is 8.42 Å². The fraction of sp³-hybridized carbons (Fsp3) is 0.353. The molecule has 0 saturated carbocycles. The molecular formula is C17H20N4O2S. The van der Waals surface area contributed by atoms with Crippen molar-refractivity contribution in [1.82, 2.24) is 18.2 Å². The number of aromatic nitrogens is 2.